The first kappa shape index (κ1) is 14.7. The Morgan fingerprint density at radius 2 is 2.24 bits per heavy atom. The summed E-state index contributed by atoms with van der Waals surface area (Å²) in [5, 5.41) is 1.86. The molecule has 0 bridgehead atoms. The molecule has 2 heterocycles. The van der Waals surface area contributed by atoms with E-state index < -0.39 is 0 Å². The smallest absolute Gasteiger partial charge is 0.155 e. The van der Waals surface area contributed by atoms with Gasteiger partial charge in [-0.1, -0.05) is 19.9 Å². The van der Waals surface area contributed by atoms with Crippen LogP contribution in [-0.4, -0.2) is 27.6 Å². The van der Waals surface area contributed by atoms with E-state index in [4.69, 9.17) is 0 Å². The number of Topliss-reactive ketones (excluding diaryl/α,β-unsaturated/α-hetero) is 1. The van der Waals surface area contributed by atoms with Gasteiger partial charge in [0.25, 0.3) is 0 Å². The monoisotopic (exact) mass is 318 g/mol. The molecule has 0 saturated heterocycles. The molecular weight excluding hydrogens is 300 g/mol. The largest absolute Gasteiger partial charge is 0.298 e. The van der Waals surface area contributed by atoms with Gasteiger partial charge in [0, 0.05) is 5.75 Å². The fourth-order valence-corrected chi connectivity index (χ4v) is 4.58. The van der Waals surface area contributed by atoms with Crippen molar-refractivity contribution in [2.24, 2.45) is 10.9 Å². The molecule has 110 valence electrons. The topological polar surface area (TPSA) is 42.3 Å². The van der Waals surface area contributed by atoms with Gasteiger partial charge in [0.2, 0.25) is 0 Å². The maximum absolute atomic E-state index is 11.4. The summed E-state index contributed by atoms with van der Waals surface area (Å²) in [7, 11) is 0. The minimum atomic E-state index is -0.187. The number of aliphatic imine (C=N–C) groups is 1. The summed E-state index contributed by atoms with van der Waals surface area (Å²) in [5.74, 6) is 1.54. The van der Waals surface area contributed by atoms with Crippen molar-refractivity contribution in [2.45, 2.75) is 33.2 Å². The van der Waals surface area contributed by atoms with Gasteiger partial charge in [-0.2, -0.15) is 0 Å². The molecule has 0 radical (unpaired) electrons. The second kappa shape index (κ2) is 5.89. The zero-order valence-electron chi connectivity index (χ0n) is 12.4. The van der Waals surface area contributed by atoms with Gasteiger partial charge >= 0.3 is 0 Å². The quantitative estimate of drug-likeness (QED) is 0.857. The van der Waals surface area contributed by atoms with E-state index in [1.165, 1.54) is 10.3 Å². The minimum absolute atomic E-state index is 0.137. The van der Waals surface area contributed by atoms with Crippen LogP contribution in [0.25, 0.3) is 10.2 Å². The van der Waals surface area contributed by atoms with Crippen LogP contribution in [0.15, 0.2) is 23.2 Å². The molecule has 0 spiro atoms. The molecule has 5 heteroatoms. The van der Waals surface area contributed by atoms with E-state index in [1.54, 1.807) is 30.0 Å². The average Bonchev–Trinajstić information content (AvgIpc) is 3.03. The molecule has 0 amide bonds. The summed E-state index contributed by atoms with van der Waals surface area (Å²) >= 11 is 3.31. The Balaban J connectivity index is 1.91. The van der Waals surface area contributed by atoms with E-state index in [-0.39, 0.29) is 11.8 Å². The van der Waals surface area contributed by atoms with Crippen molar-refractivity contribution in [1.29, 1.82) is 0 Å². The number of hydrogen-bond donors (Lipinski definition) is 0. The number of carbonyl (C=O) groups is 1. The number of fused-ring (bicyclic) bond motifs is 1. The molecule has 0 unspecified atom stereocenters. The van der Waals surface area contributed by atoms with Crippen LogP contribution in [0, 0.1) is 5.92 Å². The summed E-state index contributed by atoms with van der Waals surface area (Å²) in [6, 6.07) is 6.30. The van der Waals surface area contributed by atoms with Crippen molar-refractivity contribution >= 4 is 44.1 Å². The first-order valence-corrected chi connectivity index (χ1v) is 8.94. The van der Waals surface area contributed by atoms with Crippen molar-refractivity contribution in [2.75, 3.05) is 5.75 Å². The van der Waals surface area contributed by atoms with Crippen LogP contribution in [0.5, 0.6) is 0 Å². The van der Waals surface area contributed by atoms with Crippen LogP contribution in [0.1, 0.15) is 31.3 Å². The molecule has 3 nitrogen and oxygen atoms in total. The lowest BCUT2D eigenvalue weighted by Crippen LogP contribution is -2.14. The van der Waals surface area contributed by atoms with E-state index >= 15 is 0 Å². The molecule has 1 atom stereocenters. The Morgan fingerprint density at radius 3 is 2.90 bits per heavy atom. The molecule has 0 aliphatic carbocycles. The normalized spacial score (nSPS) is 18.5. The third kappa shape index (κ3) is 3.19. The molecule has 3 rings (SSSR count). The van der Waals surface area contributed by atoms with Crippen LogP contribution >= 0.6 is 23.1 Å². The van der Waals surface area contributed by atoms with Gasteiger partial charge in [0.05, 0.1) is 10.2 Å². The molecule has 1 aliphatic heterocycles. The molecule has 21 heavy (non-hydrogen) atoms. The number of thiazole rings is 1. The highest BCUT2D eigenvalue weighted by atomic mass is 32.2. The van der Waals surface area contributed by atoms with Gasteiger partial charge in [-0.05, 0) is 37.0 Å². The SMILES string of the molecule is CC(=O)[C@H]1CSC(c2nc3ccc(CC(C)C)cc3s2)=N1. The molecular formula is C16H18N2OS2. The van der Waals surface area contributed by atoms with Gasteiger partial charge in [-0.15, -0.1) is 23.1 Å². The molecule has 1 aromatic heterocycles. The van der Waals surface area contributed by atoms with Gasteiger partial charge < -0.3 is 0 Å². The maximum Gasteiger partial charge on any atom is 0.155 e. The summed E-state index contributed by atoms with van der Waals surface area (Å²) in [6.07, 6.45) is 1.09. The Hall–Kier alpha value is -1.20. The fourth-order valence-electron chi connectivity index (χ4n) is 2.36. The first-order chi connectivity index (χ1) is 10.0. The third-order valence-corrected chi connectivity index (χ3v) is 5.61. The maximum atomic E-state index is 11.4. The highest BCUT2D eigenvalue weighted by Crippen LogP contribution is 2.30. The highest BCUT2D eigenvalue weighted by molar-refractivity contribution is 8.15. The molecule has 1 aliphatic rings. The van der Waals surface area contributed by atoms with Gasteiger partial charge in [0.15, 0.2) is 5.78 Å². The van der Waals surface area contributed by atoms with Crippen molar-refractivity contribution < 1.29 is 4.79 Å². The van der Waals surface area contributed by atoms with Gasteiger partial charge in [-0.3, -0.25) is 9.79 Å². The zero-order valence-corrected chi connectivity index (χ0v) is 14.1. The van der Waals surface area contributed by atoms with Crippen molar-refractivity contribution in [3.63, 3.8) is 0 Å². The van der Waals surface area contributed by atoms with Crippen LogP contribution in [0.4, 0.5) is 0 Å². The highest BCUT2D eigenvalue weighted by Gasteiger charge is 2.24. The summed E-state index contributed by atoms with van der Waals surface area (Å²) < 4.78 is 1.21. The van der Waals surface area contributed by atoms with E-state index in [0.29, 0.717) is 5.92 Å². The van der Waals surface area contributed by atoms with Crippen LogP contribution in [0.2, 0.25) is 0 Å². The third-order valence-electron chi connectivity index (χ3n) is 3.40. The number of hydrogen-bond acceptors (Lipinski definition) is 5. The van der Waals surface area contributed by atoms with Gasteiger partial charge in [-0.25, -0.2) is 4.98 Å². The lowest BCUT2D eigenvalue weighted by atomic mass is 10.0. The molecule has 2 aromatic rings. The number of rotatable bonds is 4. The van der Waals surface area contributed by atoms with Crippen LogP contribution in [0.3, 0.4) is 0 Å². The van der Waals surface area contributed by atoms with Crippen molar-refractivity contribution in [1.82, 2.24) is 4.98 Å². The van der Waals surface area contributed by atoms with E-state index in [9.17, 15) is 4.79 Å². The molecule has 0 saturated carbocycles. The lowest BCUT2D eigenvalue weighted by molar-refractivity contribution is -0.117. The molecule has 0 N–H and O–H groups in total. The van der Waals surface area contributed by atoms with Crippen LogP contribution < -0.4 is 0 Å². The molecule has 1 aromatic carbocycles. The fraction of sp³-hybridized carbons (Fsp3) is 0.438. The second-order valence-electron chi connectivity index (χ2n) is 5.79. The lowest BCUT2D eigenvalue weighted by Gasteiger charge is -2.03. The van der Waals surface area contributed by atoms with Crippen LogP contribution in [-0.2, 0) is 11.2 Å². The van der Waals surface area contributed by atoms with Gasteiger partial charge in [0.1, 0.15) is 16.1 Å². The number of nitrogens with zero attached hydrogens (tertiary/aromatic N) is 2. The zero-order chi connectivity index (χ0) is 15.0. The summed E-state index contributed by atoms with van der Waals surface area (Å²) in [5.41, 5.74) is 2.38. The Kier molecular flexibility index (Phi) is 4.13. The van der Waals surface area contributed by atoms with E-state index in [1.807, 2.05) is 0 Å². The predicted octanol–water partition coefficient (Wildman–Crippen LogP) is 3.95. The second-order valence-corrected chi connectivity index (χ2v) is 7.83. The molecule has 0 fully saturated rings. The predicted molar refractivity (Wildman–Crippen MR) is 91.6 cm³/mol. The van der Waals surface area contributed by atoms with Crippen molar-refractivity contribution in [3.8, 4) is 0 Å². The standard InChI is InChI=1S/C16H18N2OS2/c1-9(2)6-11-4-5-12-14(7-11)21-16(17-12)15-18-13(8-20-15)10(3)19/h4-5,7,9,13H,6,8H2,1-3H3/t13-/m1/s1. The minimum Gasteiger partial charge on any atom is -0.298 e. The summed E-state index contributed by atoms with van der Waals surface area (Å²) in [4.78, 5) is 20.6. The first-order valence-electron chi connectivity index (χ1n) is 7.14. The number of carbonyl (C=O) groups excluding carboxylic acids is 1. The Bertz CT molecular complexity index is 718. The number of ketones is 1. The van der Waals surface area contributed by atoms with E-state index in [2.05, 4.69) is 42.0 Å². The Morgan fingerprint density at radius 1 is 1.43 bits per heavy atom. The number of benzene rings is 1. The Labute approximate surface area is 132 Å². The number of aromatic nitrogens is 1. The summed E-state index contributed by atoms with van der Waals surface area (Å²) in [6.45, 7) is 6.07. The van der Waals surface area contributed by atoms with Crippen molar-refractivity contribution in [3.05, 3.63) is 28.8 Å². The average molecular weight is 318 g/mol. The number of thioether (sulfide) groups is 1. The van der Waals surface area contributed by atoms with E-state index in [0.717, 1.165) is 27.7 Å².